The zero-order valence-corrected chi connectivity index (χ0v) is 8.73. The predicted octanol–water partition coefficient (Wildman–Crippen LogP) is 1.43. The fraction of sp³-hybridized carbons (Fsp3) is 0.273. The van der Waals surface area contributed by atoms with Crippen LogP contribution in [-0.2, 0) is 6.54 Å². The van der Waals surface area contributed by atoms with Gasteiger partial charge in [-0.05, 0) is 26.0 Å². The fourth-order valence-electron chi connectivity index (χ4n) is 1.27. The van der Waals surface area contributed by atoms with Crippen molar-refractivity contribution in [2.45, 2.75) is 20.4 Å². The van der Waals surface area contributed by atoms with Crippen molar-refractivity contribution in [3.8, 4) is 0 Å². The zero-order chi connectivity index (χ0) is 11.4. The van der Waals surface area contributed by atoms with Crippen molar-refractivity contribution in [2.24, 2.45) is 0 Å². The second-order valence-electron chi connectivity index (χ2n) is 3.18. The molecule has 0 bridgehead atoms. The maximum atomic E-state index is 11.7. The first-order valence-corrected chi connectivity index (χ1v) is 4.62. The Morgan fingerprint density at radius 2 is 2.20 bits per heavy atom. The molecule has 0 aliphatic rings. The number of allylic oxidation sites excluding steroid dienone is 2. The van der Waals surface area contributed by atoms with Crippen LogP contribution < -0.4 is 5.56 Å². The Balaban J connectivity index is 3.30. The number of hydrogen-bond donors (Lipinski definition) is 1. The molecule has 80 valence electrons. The molecule has 0 saturated carbocycles. The summed E-state index contributed by atoms with van der Waals surface area (Å²) in [5.41, 5.74) is 0.105. The first-order chi connectivity index (χ1) is 7.07. The summed E-state index contributed by atoms with van der Waals surface area (Å²) in [6.07, 6.45) is 3.62. The summed E-state index contributed by atoms with van der Waals surface area (Å²) < 4.78 is 1.43. The van der Waals surface area contributed by atoms with E-state index in [0.29, 0.717) is 6.54 Å². The number of carboxylic acids is 1. The molecule has 0 aliphatic carbocycles. The molecule has 0 aliphatic heterocycles. The topological polar surface area (TPSA) is 59.3 Å². The van der Waals surface area contributed by atoms with E-state index >= 15 is 0 Å². The quantitative estimate of drug-likeness (QED) is 0.763. The van der Waals surface area contributed by atoms with Gasteiger partial charge in [-0.1, -0.05) is 12.2 Å². The third kappa shape index (κ3) is 2.34. The molecule has 1 rings (SSSR count). The van der Waals surface area contributed by atoms with Gasteiger partial charge in [0, 0.05) is 12.2 Å². The van der Waals surface area contributed by atoms with Gasteiger partial charge in [-0.15, -0.1) is 0 Å². The summed E-state index contributed by atoms with van der Waals surface area (Å²) in [7, 11) is 0. The van der Waals surface area contributed by atoms with E-state index < -0.39 is 11.5 Å². The van der Waals surface area contributed by atoms with Crippen LogP contribution in [0.3, 0.4) is 0 Å². The van der Waals surface area contributed by atoms with Gasteiger partial charge >= 0.3 is 5.97 Å². The number of carboxylic acid groups (broad SMARTS) is 1. The Morgan fingerprint density at radius 3 is 2.73 bits per heavy atom. The molecule has 1 heterocycles. The van der Waals surface area contributed by atoms with E-state index in [0.717, 1.165) is 5.69 Å². The Hall–Kier alpha value is -1.84. The number of rotatable bonds is 3. The Morgan fingerprint density at radius 1 is 1.53 bits per heavy atom. The molecular formula is C11H13NO3. The molecule has 0 spiro atoms. The molecule has 0 aromatic carbocycles. The van der Waals surface area contributed by atoms with Gasteiger partial charge in [0.05, 0.1) is 0 Å². The summed E-state index contributed by atoms with van der Waals surface area (Å²) in [5, 5.41) is 8.78. The van der Waals surface area contributed by atoms with Crippen molar-refractivity contribution in [1.29, 1.82) is 0 Å². The number of nitrogens with zero attached hydrogens (tertiary/aromatic N) is 1. The van der Waals surface area contributed by atoms with Crippen LogP contribution in [0.4, 0.5) is 0 Å². The first kappa shape index (κ1) is 11.2. The zero-order valence-electron chi connectivity index (χ0n) is 8.73. The van der Waals surface area contributed by atoms with Crippen molar-refractivity contribution in [2.75, 3.05) is 0 Å². The third-order valence-electron chi connectivity index (χ3n) is 2.15. The lowest BCUT2D eigenvalue weighted by atomic mass is 10.2. The monoisotopic (exact) mass is 207 g/mol. The summed E-state index contributed by atoms with van der Waals surface area (Å²) in [4.78, 5) is 22.4. The molecule has 0 unspecified atom stereocenters. The SMILES string of the molecule is CC=CCn1c(C)ccc(C(=O)O)c1=O. The molecule has 4 nitrogen and oxygen atoms in total. The highest BCUT2D eigenvalue weighted by molar-refractivity contribution is 5.87. The smallest absolute Gasteiger partial charge is 0.341 e. The van der Waals surface area contributed by atoms with Crippen molar-refractivity contribution < 1.29 is 9.90 Å². The van der Waals surface area contributed by atoms with Crippen molar-refractivity contribution in [3.05, 3.63) is 45.9 Å². The van der Waals surface area contributed by atoms with Crippen LogP contribution in [0.15, 0.2) is 29.1 Å². The fourth-order valence-corrected chi connectivity index (χ4v) is 1.27. The summed E-state index contributed by atoms with van der Waals surface area (Å²) in [5.74, 6) is -1.19. The molecular weight excluding hydrogens is 194 g/mol. The molecule has 0 fully saturated rings. The third-order valence-corrected chi connectivity index (χ3v) is 2.15. The van der Waals surface area contributed by atoms with E-state index in [1.54, 1.807) is 19.1 Å². The van der Waals surface area contributed by atoms with Crippen molar-refractivity contribution in [1.82, 2.24) is 4.57 Å². The van der Waals surface area contributed by atoms with Crippen molar-refractivity contribution >= 4 is 5.97 Å². The number of aryl methyl sites for hydroxylation is 1. The van der Waals surface area contributed by atoms with Gasteiger partial charge in [0.25, 0.3) is 5.56 Å². The van der Waals surface area contributed by atoms with E-state index in [4.69, 9.17) is 5.11 Å². The van der Waals surface area contributed by atoms with Crippen LogP contribution in [-0.4, -0.2) is 15.6 Å². The highest BCUT2D eigenvalue weighted by Gasteiger charge is 2.11. The Bertz CT molecular complexity index is 457. The number of aromatic nitrogens is 1. The van der Waals surface area contributed by atoms with Gasteiger partial charge in [0.1, 0.15) is 5.56 Å². The summed E-state index contributed by atoms with van der Waals surface area (Å²) >= 11 is 0. The maximum Gasteiger partial charge on any atom is 0.341 e. The minimum atomic E-state index is -1.19. The van der Waals surface area contributed by atoms with E-state index in [1.807, 2.05) is 13.0 Å². The minimum absolute atomic E-state index is 0.190. The number of hydrogen-bond acceptors (Lipinski definition) is 2. The van der Waals surface area contributed by atoms with Crippen molar-refractivity contribution in [3.63, 3.8) is 0 Å². The minimum Gasteiger partial charge on any atom is -0.477 e. The number of pyridine rings is 1. The average molecular weight is 207 g/mol. The molecule has 4 heteroatoms. The van der Waals surface area contributed by atoms with Gasteiger partial charge in [0.15, 0.2) is 0 Å². The molecule has 15 heavy (non-hydrogen) atoms. The highest BCUT2D eigenvalue weighted by Crippen LogP contribution is 1.99. The van der Waals surface area contributed by atoms with E-state index in [1.165, 1.54) is 10.6 Å². The Kier molecular flexibility index (Phi) is 3.44. The Labute approximate surface area is 87.5 Å². The second kappa shape index (κ2) is 4.59. The molecule has 0 saturated heterocycles. The van der Waals surface area contributed by atoms with Crippen LogP contribution in [0.1, 0.15) is 23.0 Å². The first-order valence-electron chi connectivity index (χ1n) is 4.62. The highest BCUT2D eigenvalue weighted by atomic mass is 16.4. The van der Waals surface area contributed by atoms with Crippen LogP contribution >= 0.6 is 0 Å². The van der Waals surface area contributed by atoms with Gasteiger partial charge < -0.3 is 9.67 Å². The molecule has 1 aromatic heterocycles. The van der Waals surface area contributed by atoms with E-state index in [9.17, 15) is 9.59 Å². The lowest BCUT2D eigenvalue weighted by Gasteiger charge is -2.07. The average Bonchev–Trinajstić information content (AvgIpc) is 2.17. The van der Waals surface area contributed by atoms with Crippen LogP contribution in [0.2, 0.25) is 0 Å². The molecule has 0 atom stereocenters. The lowest BCUT2D eigenvalue weighted by molar-refractivity contribution is 0.0694. The lowest BCUT2D eigenvalue weighted by Crippen LogP contribution is -2.27. The van der Waals surface area contributed by atoms with Crippen LogP contribution in [0.25, 0.3) is 0 Å². The van der Waals surface area contributed by atoms with Crippen LogP contribution in [0.5, 0.6) is 0 Å². The van der Waals surface area contributed by atoms with E-state index in [2.05, 4.69) is 0 Å². The van der Waals surface area contributed by atoms with Gasteiger partial charge in [0.2, 0.25) is 0 Å². The van der Waals surface area contributed by atoms with Gasteiger partial charge in [-0.3, -0.25) is 4.79 Å². The number of carbonyl (C=O) groups is 1. The van der Waals surface area contributed by atoms with Gasteiger partial charge in [-0.2, -0.15) is 0 Å². The van der Waals surface area contributed by atoms with E-state index in [-0.39, 0.29) is 5.56 Å². The maximum absolute atomic E-state index is 11.7. The molecule has 1 aromatic rings. The normalized spacial score (nSPS) is 10.8. The second-order valence-corrected chi connectivity index (χ2v) is 3.18. The standard InChI is InChI=1S/C11H13NO3/c1-3-4-7-12-8(2)5-6-9(10(12)13)11(14)15/h3-6H,7H2,1-2H3,(H,14,15). The summed E-state index contributed by atoms with van der Waals surface area (Å²) in [6, 6.07) is 2.97. The number of aromatic carboxylic acids is 1. The molecule has 0 amide bonds. The molecule has 1 N–H and O–H groups in total. The predicted molar refractivity (Wildman–Crippen MR) is 57.2 cm³/mol. The summed E-state index contributed by atoms with van der Waals surface area (Å²) in [6.45, 7) is 4.03. The largest absolute Gasteiger partial charge is 0.477 e. The van der Waals surface area contributed by atoms with Gasteiger partial charge in [-0.25, -0.2) is 4.79 Å². The molecule has 0 radical (unpaired) electrons. The van der Waals surface area contributed by atoms with Crippen LogP contribution in [0, 0.1) is 6.92 Å².